The van der Waals surface area contributed by atoms with E-state index in [1.54, 1.807) is 0 Å². The zero-order chi connectivity index (χ0) is 12.3. The number of hydrogen-bond donors (Lipinski definition) is 2. The summed E-state index contributed by atoms with van der Waals surface area (Å²) >= 11 is 12.4. The maximum atomic E-state index is 6.18. The van der Waals surface area contributed by atoms with Gasteiger partial charge in [-0.2, -0.15) is 0 Å². The third kappa shape index (κ3) is 3.59. The average molecular weight is 273 g/mol. The van der Waals surface area contributed by atoms with Gasteiger partial charge in [0.15, 0.2) is 0 Å². The maximum Gasteiger partial charge on any atom is 0.0474 e. The van der Waals surface area contributed by atoms with Crippen molar-refractivity contribution >= 4 is 23.2 Å². The first-order valence-electron chi connectivity index (χ1n) is 6.09. The Bertz CT molecular complexity index is 357. The number of nitrogens with one attached hydrogen (secondary N) is 1. The van der Waals surface area contributed by atoms with Crippen LogP contribution in [0.2, 0.25) is 10.0 Å². The van der Waals surface area contributed by atoms with E-state index < -0.39 is 0 Å². The summed E-state index contributed by atoms with van der Waals surface area (Å²) in [6, 6.07) is 5.61. The fraction of sp³-hybridized carbons (Fsp3) is 0.538. The van der Waals surface area contributed by atoms with E-state index in [4.69, 9.17) is 28.9 Å². The van der Waals surface area contributed by atoms with Crippen LogP contribution in [0.25, 0.3) is 0 Å². The van der Waals surface area contributed by atoms with E-state index >= 15 is 0 Å². The molecule has 0 amide bonds. The molecule has 0 spiro atoms. The molecule has 17 heavy (non-hydrogen) atoms. The molecule has 0 aliphatic heterocycles. The van der Waals surface area contributed by atoms with Crippen LogP contribution in [0.1, 0.15) is 30.9 Å². The lowest BCUT2D eigenvalue weighted by molar-refractivity contribution is 0.516. The van der Waals surface area contributed by atoms with Gasteiger partial charge in [0, 0.05) is 28.2 Å². The van der Waals surface area contributed by atoms with Crippen LogP contribution in [0.15, 0.2) is 18.2 Å². The summed E-state index contributed by atoms with van der Waals surface area (Å²) in [7, 11) is 0. The molecule has 1 fully saturated rings. The van der Waals surface area contributed by atoms with Crippen molar-refractivity contribution in [3.8, 4) is 0 Å². The third-order valence-corrected chi connectivity index (χ3v) is 3.88. The van der Waals surface area contributed by atoms with Crippen molar-refractivity contribution < 1.29 is 0 Å². The minimum Gasteiger partial charge on any atom is -0.329 e. The quantitative estimate of drug-likeness (QED) is 0.833. The number of hydrogen-bond acceptors (Lipinski definition) is 2. The van der Waals surface area contributed by atoms with E-state index in [1.807, 2.05) is 18.2 Å². The Balaban J connectivity index is 1.99. The van der Waals surface area contributed by atoms with Crippen LogP contribution in [-0.4, -0.2) is 13.1 Å². The molecule has 1 atom stereocenters. The van der Waals surface area contributed by atoms with Gasteiger partial charge in [0.1, 0.15) is 0 Å². The molecule has 3 N–H and O–H groups in total. The summed E-state index contributed by atoms with van der Waals surface area (Å²) in [4.78, 5) is 0. The summed E-state index contributed by atoms with van der Waals surface area (Å²) in [5, 5.41) is 4.82. The first-order chi connectivity index (χ1) is 8.22. The Hall–Kier alpha value is -0.280. The van der Waals surface area contributed by atoms with Gasteiger partial charge in [-0.3, -0.25) is 0 Å². The zero-order valence-corrected chi connectivity index (χ0v) is 11.3. The number of benzene rings is 1. The van der Waals surface area contributed by atoms with Gasteiger partial charge in [-0.05, 0) is 31.0 Å². The van der Waals surface area contributed by atoms with Crippen LogP contribution in [-0.2, 0) is 0 Å². The smallest absolute Gasteiger partial charge is 0.0474 e. The molecule has 1 aromatic carbocycles. The molecular formula is C13H18Cl2N2. The normalized spacial score (nSPS) is 17.1. The van der Waals surface area contributed by atoms with Crippen molar-refractivity contribution in [2.45, 2.75) is 25.3 Å². The van der Waals surface area contributed by atoms with Crippen molar-refractivity contribution in [3.05, 3.63) is 33.8 Å². The molecule has 2 rings (SSSR count). The first kappa shape index (κ1) is 13.2. The molecule has 1 saturated carbocycles. The summed E-state index contributed by atoms with van der Waals surface area (Å²) in [5.74, 6) is 0.919. The van der Waals surface area contributed by atoms with E-state index in [-0.39, 0.29) is 6.04 Å². The molecule has 1 unspecified atom stereocenters. The van der Waals surface area contributed by atoms with Gasteiger partial charge < -0.3 is 11.1 Å². The molecule has 0 bridgehead atoms. The van der Waals surface area contributed by atoms with E-state index in [0.29, 0.717) is 16.6 Å². The maximum absolute atomic E-state index is 6.18. The van der Waals surface area contributed by atoms with Gasteiger partial charge in [0.2, 0.25) is 0 Å². The van der Waals surface area contributed by atoms with E-state index in [2.05, 4.69) is 5.32 Å². The second-order valence-electron chi connectivity index (χ2n) is 4.61. The number of halogens is 2. The van der Waals surface area contributed by atoms with Gasteiger partial charge >= 0.3 is 0 Å². The lowest BCUT2D eigenvalue weighted by Crippen LogP contribution is -2.29. The summed E-state index contributed by atoms with van der Waals surface area (Å²) < 4.78 is 0. The van der Waals surface area contributed by atoms with Crippen LogP contribution in [0.4, 0.5) is 0 Å². The Morgan fingerprint density at radius 2 is 1.94 bits per heavy atom. The van der Waals surface area contributed by atoms with Crippen LogP contribution < -0.4 is 11.1 Å². The SMILES string of the molecule is NCC(NCCC1CC1)c1c(Cl)cccc1Cl. The zero-order valence-electron chi connectivity index (χ0n) is 9.76. The average Bonchev–Trinajstić information content (AvgIpc) is 3.10. The lowest BCUT2D eigenvalue weighted by atomic mass is 10.1. The minimum atomic E-state index is 0.0509. The highest BCUT2D eigenvalue weighted by molar-refractivity contribution is 6.36. The summed E-state index contributed by atoms with van der Waals surface area (Å²) in [5.41, 5.74) is 6.72. The molecule has 0 saturated heterocycles. The monoisotopic (exact) mass is 272 g/mol. The predicted molar refractivity (Wildman–Crippen MR) is 73.6 cm³/mol. The van der Waals surface area contributed by atoms with Gasteiger partial charge in [-0.25, -0.2) is 0 Å². The first-order valence-corrected chi connectivity index (χ1v) is 6.85. The van der Waals surface area contributed by atoms with Crippen molar-refractivity contribution in [3.63, 3.8) is 0 Å². The molecule has 0 aromatic heterocycles. The molecule has 0 radical (unpaired) electrons. The molecule has 1 aliphatic carbocycles. The van der Waals surface area contributed by atoms with E-state index in [9.17, 15) is 0 Å². The van der Waals surface area contributed by atoms with Crippen molar-refractivity contribution in [1.29, 1.82) is 0 Å². The standard InChI is InChI=1S/C13H18Cl2N2/c14-10-2-1-3-11(15)13(10)12(8-16)17-7-6-9-4-5-9/h1-3,9,12,17H,4-8,16H2. The third-order valence-electron chi connectivity index (χ3n) is 3.22. The van der Waals surface area contributed by atoms with Crippen molar-refractivity contribution in [2.75, 3.05) is 13.1 Å². The van der Waals surface area contributed by atoms with Crippen molar-refractivity contribution in [2.24, 2.45) is 11.7 Å². The molecule has 4 heteroatoms. The fourth-order valence-corrected chi connectivity index (χ4v) is 2.68. The van der Waals surface area contributed by atoms with Gasteiger partial charge in [-0.1, -0.05) is 42.1 Å². The molecule has 94 valence electrons. The van der Waals surface area contributed by atoms with Crippen molar-refractivity contribution in [1.82, 2.24) is 5.32 Å². The lowest BCUT2D eigenvalue weighted by Gasteiger charge is -2.19. The highest BCUT2D eigenvalue weighted by atomic mass is 35.5. The summed E-state index contributed by atoms with van der Waals surface area (Å²) in [6.07, 6.45) is 3.97. The minimum absolute atomic E-state index is 0.0509. The topological polar surface area (TPSA) is 38.0 Å². The molecular weight excluding hydrogens is 255 g/mol. The Kier molecular flexibility index (Phi) is 4.69. The van der Waals surface area contributed by atoms with Crippen LogP contribution in [0, 0.1) is 5.92 Å². The highest BCUT2D eigenvalue weighted by Crippen LogP contribution is 2.33. The highest BCUT2D eigenvalue weighted by Gasteiger charge is 2.22. The molecule has 1 aromatic rings. The molecule has 0 heterocycles. The van der Waals surface area contributed by atoms with Crippen LogP contribution >= 0.6 is 23.2 Å². The van der Waals surface area contributed by atoms with Crippen LogP contribution in [0.5, 0.6) is 0 Å². The Labute approximate surface area is 112 Å². The Morgan fingerprint density at radius 3 is 2.47 bits per heavy atom. The van der Waals surface area contributed by atoms with Gasteiger partial charge in [0.25, 0.3) is 0 Å². The largest absolute Gasteiger partial charge is 0.329 e. The van der Waals surface area contributed by atoms with Gasteiger partial charge in [0.05, 0.1) is 0 Å². The van der Waals surface area contributed by atoms with Crippen LogP contribution in [0.3, 0.4) is 0 Å². The predicted octanol–water partition coefficient (Wildman–Crippen LogP) is 3.38. The molecule has 1 aliphatic rings. The van der Waals surface area contributed by atoms with E-state index in [1.165, 1.54) is 19.3 Å². The second-order valence-corrected chi connectivity index (χ2v) is 5.42. The fourth-order valence-electron chi connectivity index (χ4n) is 2.02. The number of nitrogens with two attached hydrogens (primary N) is 1. The Morgan fingerprint density at radius 1 is 1.29 bits per heavy atom. The van der Waals surface area contributed by atoms with E-state index in [0.717, 1.165) is 18.0 Å². The van der Waals surface area contributed by atoms with Gasteiger partial charge in [-0.15, -0.1) is 0 Å². The molecule has 2 nitrogen and oxygen atoms in total. The second kappa shape index (κ2) is 6.05. The number of rotatable bonds is 6. The summed E-state index contributed by atoms with van der Waals surface area (Å²) in [6.45, 7) is 1.49.